The second-order valence-corrected chi connectivity index (χ2v) is 3.82. The first-order valence-corrected chi connectivity index (χ1v) is 5.19. The van der Waals surface area contributed by atoms with Gasteiger partial charge in [0.25, 0.3) is 5.56 Å². The highest BCUT2D eigenvalue weighted by Crippen LogP contribution is 2.20. The van der Waals surface area contributed by atoms with E-state index in [1.54, 1.807) is 0 Å². The summed E-state index contributed by atoms with van der Waals surface area (Å²) >= 11 is 0. The summed E-state index contributed by atoms with van der Waals surface area (Å²) in [6.45, 7) is 4.30. The lowest BCUT2D eigenvalue weighted by atomic mass is 9.97. The maximum atomic E-state index is 11.5. The van der Waals surface area contributed by atoms with Crippen LogP contribution in [-0.4, -0.2) is 9.97 Å². The van der Waals surface area contributed by atoms with Crippen molar-refractivity contribution in [2.75, 3.05) is 0 Å². The van der Waals surface area contributed by atoms with Crippen LogP contribution < -0.4 is 5.56 Å². The molecule has 0 aliphatic rings. The summed E-state index contributed by atoms with van der Waals surface area (Å²) in [6, 6.07) is 5.89. The van der Waals surface area contributed by atoms with Crippen molar-refractivity contribution < 1.29 is 0 Å². The molecule has 0 amide bonds. The largest absolute Gasteiger partial charge is 0.313 e. The number of hydrogen-bond acceptors (Lipinski definition) is 2. The third-order valence-corrected chi connectivity index (χ3v) is 2.85. The second kappa shape index (κ2) is 3.85. The summed E-state index contributed by atoms with van der Waals surface area (Å²) in [5, 5.41) is 0.676. The Kier molecular flexibility index (Phi) is 2.54. The third kappa shape index (κ3) is 1.77. The van der Waals surface area contributed by atoms with Gasteiger partial charge >= 0.3 is 0 Å². The van der Waals surface area contributed by atoms with Gasteiger partial charge in [0.05, 0.1) is 17.2 Å². The summed E-state index contributed by atoms with van der Waals surface area (Å²) in [4.78, 5) is 18.3. The molecule has 1 aromatic carbocycles. The van der Waals surface area contributed by atoms with Gasteiger partial charge in [-0.3, -0.25) is 4.79 Å². The molecule has 0 aliphatic heterocycles. The van der Waals surface area contributed by atoms with Gasteiger partial charge in [0.1, 0.15) is 0 Å². The zero-order valence-corrected chi connectivity index (χ0v) is 8.95. The fourth-order valence-corrected chi connectivity index (χ4v) is 1.63. The van der Waals surface area contributed by atoms with Gasteiger partial charge < -0.3 is 4.98 Å². The third-order valence-electron chi connectivity index (χ3n) is 2.85. The van der Waals surface area contributed by atoms with Gasteiger partial charge in [0.15, 0.2) is 0 Å². The molecule has 78 valence electrons. The van der Waals surface area contributed by atoms with Gasteiger partial charge in [-0.1, -0.05) is 19.9 Å². The number of nitrogens with zero attached hydrogens (tertiary/aromatic N) is 1. The van der Waals surface area contributed by atoms with E-state index >= 15 is 0 Å². The number of aromatic nitrogens is 2. The molecule has 1 atom stereocenters. The molecule has 0 aliphatic carbocycles. The van der Waals surface area contributed by atoms with Gasteiger partial charge in [0.2, 0.25) is 0 Å². The minimum atomic E-state index is -0.0647. The van der Waals surface area contributed by atoms with Crippen molar-refractivity contribution in [1.29, 1.82) is 0 Å². The molecule has 3 heteroatoms. The zero-order valence-electron chi connectivity index (χ0n) is 8.95. The molecule has 0 radical (unpaired) electrons. The van der Waals surface area contributed by atoms with Crippen LogP contribution in [0.3, 0.4) is 0 Å². The van der Waals surface area contributed by atoms with Crippen molar-refractivity contribution in [3.05, 3.63) is 40.4 Å². The van der Waals surface area contributed by atoms with E-state index < -0.39 is 0 Å². The molecule has 2 rings (SSSR count). The Morgan fingerprint density at radius 1 is 1.47 bits per heavy atom. The standard InChI is InChI=1S/C12H14N2O/c1-3-8(2)9-4-5-11-10(6-9)12(15)14-7-13-11/h4-8H,3H2,1-2H3,(H,13,14,15). The van der Waals surface area contributed by atoms with Crippen molar-refractivity contribution in [1.82, 2.24) is 9.97 Å². The number of rotatable bonds is 2. The number of nitrogens with one attached hydrogen (secondary N) is 1. The van der Waals surface area contributed by atoms with Gasteiger partial charge in [-0.15, -0.1) is 0 Å². The minimum absolute atomic E-state index is 0.0647. The SMILES string of the molecule is CCC(C)c1ccc2nc[nH]c(=O)c2c1. The van der Waals surface area contributed by atoms with Gasteiger partial charge in [-0.2, -0.15) is 0 Å². The van der Waals surface area contributed by atoms with E-state index in [0.717, 1.165) is 11.9 Å². The van der Waals surface area contributed by atoms with Crippen LogP contribution in [0.15, 0.2) is 29.3 Å². The van der Waals surface area contributed by atoms with E-state index in [9.17, 15) is 4.79 Å². The Bertz CT molecular complexity index is 530. The summed E-state index contributed by atoms with van der Waals surface area (Å²) in [6.07, 6.45) is 2.51. The number of benzene rings is 1. The highest BCUT2D eigenvalue weighted by atomic mass is 16.1. The Balaban J connectivity index is 2.65. The van der Waals surface area contributed by atoms with Crippen LogP contribution in [0.2, 0.25) is 0 Å². The summed E-state index contributed by atoms with van der Waals surface area (Å²) in [5.74, 6) is 0.481. The predicted molar refractivity (Wildman–Crippen MR) is 61.1 cm³/mol. The van der Waals surface area contributed by atoms with E-state index in [1.807, 2.05) is 18.2 Å². The fourth-order valence-electron chi connectivity index (χ4n) is 1.63. The summed E-state index contributed by atoms with van der Waals surface area (Å²) in [7, 11) is 0. The first-order valence-electron chi connectivity index (χ1n) is 5.19. The molecule has 0 saturated carbocycles. The molecule has 0 saturated heterocycles. The maximum absolute atomic E-state index is 11.5. The Labute approximate surface area is 88.2 Å². The van der Waals surface area contributed by atoms with Crippen LogP contribution in [0.4, 0.5) is 0 Å². The van der Waals surface area contributed by atoms with E-state index in [0.29, 0.717) is 11.3 Å². The highest BCUT2D eigenvalue weighted by molar-refractivity contribution is 5.78. The second-order valence-electron chi connectivity index (χ2n) is 3.82. The van der Waals surface area contributed by atoms with E-state index in [1.165, 1.54) is 11.9 Å². The molecule has 0 spiro atoms. The van der Waals surface area contributed by atoms with Crippen LogP contribution in [0, 0.1) is 0 Å². The van der Waals surface area contributed by atoms with E-state index in [-0.39, 0.29) is 5.56 Å². The molecule has 2 aromatic rings. The number of H-pyrrole nitrogens is 1. The van der Waals surface area contributed by atoms with Crippen LogP contribution in [0.1, 0.15) is 31.7 Å². The zero-order chi connectivity index (χ0) is 10.8. The number of aromatic amines is 1. The van der Waals surface area contributed by atoms with Crippen molar-refractivity contribution in [3.8, 4) is 0 Å². The maximum Gasteiger partial charge on any atom is 0.258 e. The molecule has 0 bridgehead atoms. The molecule has 1 N–H and O–H groups in total. The molecule has 1 heterocycles. The smallest absolute Gasteiger partial charge is 0.258 e. The molecule has 3 nitrogen and oxygen atoms in total. The highest BCUT2D eigenvalue weighted by Gasteiger charge is 2.05. The minimum Gasteiger partial charge on any atom is -0.313 e. The molecule has 1 aromatic heterocycles. The Morgan fingerprint density at radius 2 is 2.27 bits per heavy atom. The van der Waals surface area contributed by atoms with E-state index in [4.69, 9.17) is 0 Å². The van der Waals surface area contributed by atoms with Crippen molar-refractivity contribution in [3.63, 3.8) is 0 Å². The predicted octanol–water partition coefficient (Wildman–Crippen LogP) is 2.44. The molecule has 0 fully saturated rings. The van der Waals surface area contributed by atoms with Crippen LogP contribution >= 0.6 is 0 Å². The van der Waals surface area contributed by atoms with Crippen molar-refractivity contribution >= 4 is 10.9 Å². The van der Waals surface area contributed by atoms with Crippen LogP contribution in [0.25, 0.3) is 10.9 Å². The first kappa shape index (κ1) is 9.90. The fraction of sp³-hybridized carbons (Fsp3) is 0.333. The lowest BCUT2D eigenvalue weighted by Crippen LogP contribution is -2.06. The van der Waals surface area contributed by atoms with Crippen LogP contribution in [-0.2, 0) is 0 Å². The van der Waals surface area contributed by atoms with Gasteiger partial charge in [-0.05, 0) is 30.0 Å². The molecular formula is C12H14N2O. The lowest BCUT2D eigenvalue weighted by Gasteiger charge is -2.08. The quantitative estimate of drug-likeness (QED) is 0.813. The van der Waals surface area contributed by atoms with Crippen molar-refractivity contribution in [2.45, 2.75) is 26.2 Å². The average Bonchev–Trinajstić information content (AvgIpc) is 2.28. The molecular weight excluding hydrogens is 188 g/mol. The molecule has 1 unspecified atom stereocenters. The Hall–Kier alpha value is -1.64. The number of hydrogen-bond donors (Lipinski definition) is 1. The number of fused-ring (bicyclic) bond motifs is 1. The van der Waals surface area contributed by atoms with Crippen LogP contribution in [0.5, 0.6) is 0 Å². The topological polar surface area (TPSA) is 45.8 Å². The first-order chi connectivity index (χ1) is 7.22. The summed E-state index contributed by atoms with van der Waals surface area (Å²) < 4.78 is 0. The summed E-state index contributed by atoms with van der Waals surface area (Å²) in [5.41, 5.74) is 1.89. The lowest BCUT2D eigenvalue weighted by molar-refractivity contribution is 0.734. The normalized spacial score (nSPS) is 12.9. The Morgan fingerprint density at radius 3 is 3.00 bits per heavy atom. The molecule has 15 heavy (non-hydrogen) atoms. The van der Waals surface area contributed by atoms with Crippen molar-refractivity contribution in [2.24, 2.45) is 0 Å². The van der Waals surface area contributed by atoms with Gasteiger partial charge in [-0.25, -0.2) is 4.98 Å². The average molecular weight is 202 g/mol. The monoisotopic (exact) mass is 202 g/mol. The van der Waals surface area contributed by atoms with E-state index in [2.05, 4.69) is 23.8 Å². The van der Waals surface area contributed by atoms with Gasteiger partial charge in [0, 0.05) is 0 Å².